The number of nitrogens with zero attached hydrogens (tertiary/aromatic N) is 2. The lowest BCUT2D eigenvalue weighted by molar-refractivity contribution is 0.309. The van der Waals surface area contributed by atoms with Gasteiger partial charge in [-0.1, -0.05) is 37.1 Å². The molecular formula is C24H25N3OS. The zero-order chi connectivity index (χ0) is 20.2. The lowest BCUT2D eigenvalue weighted by Crippen LogP contribution is -1.98. The minimum atomic E-state index is 0.754. The van der Waals surface area contributed by atoms with Gasteiger partial charge >= 0.3 is 0 Å². The molecule has 4 nitrogen and oxygen atoms in total. The summed E-state index contributed by atoms with van der Waals surface area (Å²) in [6.07, 6.45) is 3.82. The number of benzene rings is 2. The Bertz CT molecular complexity index is 1120. The summed E-state index contributed by atoms with van der Waals surface area (Å²) in [5, 5.41) is 6.70. The Balaban J connectivity index is 1.65. The Morgan fingerprint density at radius 2 is 1.83 bits per heavy atom. The summed E-state index contributed by atoms with van der Waals surface area (Å²) in [5.74, 6) is 1.72. The van der Waals surface area contributed by atoms with Crippen LogP contribution in [-0.4, -0.2) is 16.6 Å². The molecule has 0 amide bonds. The van der Waals surface area contributed by atoms with Gasteiger partial charge in [-0.2, -0.15) is 0 Å². The highest BCUT2D eigenvalue weighted by Gasteiger charge is 2.15. The van der Waals surface area contributed by atoms with E-state index in [0.29, 0.717) is 0 Å². The number of hydrogen-bond donors (Lipinski definition) is 1. The number of hydrogen-bond acceptors (Lipinski definition) is 5. The molecule has 4 aromatic rings. The molecule has 0 aliphatic heterocycles. The zero-order valence-electron chi connectivity index (χ0n) is 17.0. The van der Waals surface area contributed by atoms with Crippen LogP contribution < -0.4 is 10.1 Å². The van der Waals surface area contributed by atoms with Gasteiger partial charge in [0.2, 0.25) is 0 Å². The number of unbranched alkanes of at least 4 members (excludes halogenated alkanes) is 1. The molecule has 0 saturated heterocycles. The molecule has 2 aromatic carbocycles. The fourth-order valence-electron chi connectivity index (χ4n) is 3.39. The Labute approximate surface area is 175 Å². The number of thiophene rings is 1. The highest BCUT2D eigenvalue weighted by molar-refractivity contribution is 7.17. The van der Waals surface area contributed by atoms with Crippen molar-refractivity contribution in [3.8, 4) is 16.9 Å². The van der Waals surface area contributed by atoms with E-state index < -0.39 is 0 Å². The molecule has 1 N–H and O–H groups in total. The van der Waals surface area contributed by atoms with Gasteiger partial charge in [-0.3, -0.25) is 0 Å². The van der Waals surface area contributed by atoms with Gasteiger partial charge in [0.05, 0.1) is 12.0 Å². The summed E-state index contributed by atoms with van der Waals surface area (Å²) in [6.45, 7) is 7.19. The lowest BCUT2D eigenvalue weighted by Gasteiger charge is -2.11. The molecular weight excluding hydrogens is 378 g/mol. The molecule has 4 rings (SSSR count). The highest BCUT2D eigenvalue weighted by atomic mass is 32.1. The number of rotatable bonds is 7. The zero-order valence-corrected chi connectivity index (χ0v) is 17.8. The van der Waals surface area contributed by atoms with Crippen LogP contribution >= 0.6 is 11.3 Å². The largest absolute Gasteiger partial charge is 0.494 e. The minimum Gasteiger partial charge on any atom is -0.494 e. The van der Waals surface area contributed by atoms with E-state index in [4.69, 9.17) is 4.74 Å². The fourth-order valence-corrected chi connectivity index (χ4v) is 4.30. The Morgan fingerprint density at radius 3 is 2.59 bits per heavy atom. The van der Waals surface area contributed by atoms with Crippen LogP contribution in [0.5, 0.6) is 5.75 Å². The van der Waals surface area contributed by atoms with Crippen molar-refractivity contribution in [3.05, 3.63) is 65.3 Å². The second-order valence-corrected chi connectivity index (χ2v) is 8.08. The molecule has 0 atom stereocenters. The van der Waals surface area contributed by atoms with Crippen molar-refractivity contribution >= 4 is 33.1 Å². The molecule has 0 fully saturated rings. The number of ether oxygens (including phenoxy) is 1. The topological polar surface area (TPSA) is 47.0 Å². The molecule has 2 aromatic heterocycles. The van der Waals surface area contributed by atoms with Crippen molar-refractivity contribution in [3.63, 3.8) is 0 Å². The van der Waals surface area contributed by atoms with Crippen LogP contribution in [0.3, 0.4) is 0 Å². The first-order valence-corrected chi connectivity index (χ1v) is 10.8. The van der Waals surface area contributed by atoms with E-state index in [1.165, 1.54) is 22.3 Å². The molecule has 5 heteroatoms. The van der Waals surface area contributed by atoms with Gasteiger partial charge in [-0.25, -0.2) is 9.97 Å². The summed E-state index contributed by atoms with van der Waals surface area (Å²) in [7, 11) is 0. The third kappa shape index (κ3) is 4.25. The van der Waals surface area contributed by atoms with Gasteiger partial charge in [-0.05, 0) is 55.7 Å². The highest BCUT2D eigenvalue weighted by Crippen LogP contribution is 2.38. The second kappa shape index (κ2) is 8.62. The Morgan fingerprint density at radius 1 is 1.00 bits per heavy atom. The molecule has 0 unspecified atom stereocenters. The molecule has 0 bridgehead atoms. The van der Waals surface area contributed by atoms with E-state index in [0.717, 1.165) is 46.9 Å². The average Bonchev–Trinajstić information content (AvgIpc) is 3.14. The van der Waals surface area contributed by atoms with Crippen LogP contribution in [-0.2, 0) is 0 Å². The van der Waals surface area contributed by atoms with Crippen LogP contribution in [0.15, 0.2) is 54.2 Å². The van der Waals surface area contributed by atoms with Crippen LogP contribution in [0.2, 0.25) is 0 Å². The predicted molar refractivity (Wildman–Crippen MR) is 122 cm³/mol. The molecule has 0 aliphatic carbocycles. The Hall–Kier alpha value is -2.92. The first-order valence-electron chi connectivity index (χ1n) is 9.95. The van der Waals surface area contributed by atoms with E-state index in [1.807, 2.05) is 24.3 Å². The standard InChI is InChI=1S/C24H25N3OS/c1-4-5-12-28-19-9-7-18(8-10-19)27-23-22-21(14-29-24(22)26-15-25-23)20-11-6-16(2)13-17(20)3/h6-11,13-15H,4-5,12H2,1-3H3,(H,25,26,27). The van der Waals surface area contributed by atoms with Crippen molar-refractivity contribution in [2.24, 2.45) is 0 Å². The SMILES string of the molecule is CCCCOc1ccc(Nc2ncnc3scc(-c4ccc(C)cc4C)c23)cc1. The monoisotopic (exact) mass is 403 g/mol. The average molecular weight is 404 g/mol. The molecule has 29 heavy (non-hydrogen) atoms. The van der Waals surface area contributed by atoms with Crippen molar-refractivity contribution in [1.29, 1.82) is 0 Å². The number of fused-ring (bicyclic) bond motifs is 1. The summed E-state index contributed by atoms with van der Waals surface area (Å²) in [4.78, 5) is 10.0. The van der Waals surface area contributed by atoms with Crippen molar-refractivity contribution < 1.29 is 4.74 Å². The number of nitrogens with one attached hydrogen (secondary N) is 1. The molecule has 2 heterocycles. The number of anilines is 2. The normalized spacial score (nSPS) is 11.0. The minimum absolute atomic E-state index is 0.754. The van der Waals surface area contributed by atoms with Gasteiger partial charge in [-0.15, -0.1) is 11.3 Å². The number of aromatic nitrogens is 2. The molecule has 0 spiro atoms. The van der Waals surface area contributed by atoms with E-state index in [1.54, 1.807) is 17.7 Å². The lowest BCUT2D eigenvalue weighted by atomic mass is 9.99. The smallest absolute Gasteiger partial charge is 0.143 e. The van der Waals surface area contributed by atoms with Gasteiger partial charge < -0.3 is 10.1 Å². The maximum atomic E-state index is 5.76. The van der Waals surface area contributed by atoms with Gasteiger partial charge in [0, 0.05) is 16.6 Å². The van der Waals surface area contributed by atoms with E-state index in [-0.39, 0.29) is 0 Å². The van der Waals surface area contributed by atoms with E-state index >= 15 is 0 Å². The van der Waals surface area contributed by atoms with E-state index in [2.05, 4.69) is 59.6 Å². The van der Waals surface area contributed by atoms with Gasteiger partial charge in [0.1, 0.15) is 22.7 Å². The summed E-state index contributed by atoms with van der Waals surface area (Å²) in [6, 6.07) is 14.6. The van der Waals surface area contributed by atoms with Crippen LogP contribution in [0.4, 0.5) is 11.5 Å². The van der Waals surface area contributed by atoms with Crippen LogP contribution in [0.25, 0.3) is 21.3 Å². The third-order valence-corrected chi connectivity index (χ3v) is 5.81. The molecule has 0 aliphatic rings. The van der Waals surface area contributed by atoms with Gasteiger partial charge in [0.15, 0.2) is 0 Å². The van der Waals surface area contributed by atoms with E-state index in [9.17, 15) is 0 Å². The molecule has 148 valence electrons. The predicted octanol–water partition coefficient (Wildman–Crippen LogP) is 6.90. The van der Waals surface area contributed by atoms with Crippen molar-refractivity contribution in [2.45, 2.75) is 33.6 Å². The van der Waals surface area contributed by atoms with Crippen LogP contribution in [0.1, 0.15) is 30.9 Å². The van der Waals surface area contributed by atoms with Gasteiger partial charge in [0.25, 0.3) is 0 Å². The third-order valence-electron chi connectivity index (χ3n) is 4.93. The maximum absolute atomic E-state index is 5.76. The maximum Gasteiger partial charge on any atom is 0.143 e. The van der Waals surface area contributed by atoms with Crippen LogP contribution in [0, 0.1) is 13.8 Å². The summed E-state index contributed by atoms with van der Waals surface area (Å²) in [5.41, 5.74) is 5.89. The Kier molecular flexibility index (Phi) is 5.76. The summed E-state index contributed by atoms with van der Waals surface area (Å²) < 4.78 is 5.76. The molecule has 0 saturated carbocycles. The van der Waals surface area contributed by atoms with Crippen molar-refractivity contribution in [1.82, 2.24) is 9.97 Å². The first kappa shape index (κ1) is 19.4. The quantitative estimate of drug-likeness (QED) is 0.341. The second-order valence-electron chi connectivity index (χ2n) is 7.22. The summed E-state index contributed by atoms with van der Waals surface area (Å²) >= 11 is 1.65. The number of aryl methyl sites for hydroxylation is 2. The first-order chi connectivity index (χ1) is 14.2. The van der Waals surface area contributed by atoms with Crippen molar-refractivity contribution in [2.75, 3.05) is 11.9 Å². The fraction of sp³-hybridized carbons (Fsp3) is 0.250. The molecule has 0 radical (unpaired) electrons.